The number of para-hydroxylation sites is 2. The summed E-state index contributed by atoms with van der Waals surface area (Å²) >= 11 is 0. The third-order valence-corrected chi connectivity index (χ3v) is 13.9. The van der Waals surface area contributed by atoms with Crippen molar-refractivity contribution in [2.24, 2.45) is 0 Å². The normalized spacial score (nSPS) is 11.8. The van der Waals surface area contributed by atoms with Crippen LogP contribution in [0.15, 0.2) is 243 Å². The summed E-state index contributed by atoms with van der Waals surface area (Å²) in [7, 11) is 0. The molecule has 316 valence electrons. The van der Waals surface area contributed by atoms with Crippen LogP contribution in [0.5, 0.6) is 0 Å². The number of hydrogen-bond acceptors (Lipinski definition) is 2. The lowest BCUT2D eigenvalue weighted by atomic mass is 9.94. The van der Waals surface area contributed by atoms with Crippen molar-refractivity contribution in [3.63, 3.8) is 0 Å². The summed E-state index contributed by atoms with van der Waals surface area (Å²) in [5.41, 5.74) is 14.1. The largest absolute Gasteiger partial charge is 0.309 e. The Hall–Kier alpha value is -9.12. The van der Waals surface area contributed by atoms with Crippen molar-refractivity contribution in [3.05, 3.63) is 243 Å². The second-order valence-corrected chi connectivity index (χ2v) is 17.7. The van der Waals surface area contributed by atoms with E-state index in [9.17, 15) is 0 Å². The maximum absolute atomic E-state index is 5.11. The van der Waals surface area contributed by atoms with Crippen LogP contribution in [0.1, 0.15) is 0 Å². The number of nitrogens with zero attached hydrogens (tertiary/aromatic N) is 4. The van der Waals surface area contributed by atoms with E-state index in [1.165, 1.54) is 76.0 Å². The van der Waals surface area contributed by atoms with Gasteiger partial charge in [0.05, 0.1) is 33.5 Å². The molecule has 0 amide bonds. The standard InChI is InChI=1S/C64H40N4/c1-3-15-41(16-4-1)58-40-59(66-64(65-58)43-17-5-2-6-18-43)42-27-31-46(32-28-42)67-60-25-13-11-23-53(60)55-34-29-44(37-62(55)67)45-30-35-56-54-24-12-14-26-61(54)68(63(56)38-45)47-33-36-52-50-21-8-7-19-48(50)49-20-9-10-22-51(49)57(52)39-47/h1-40H. The van der Waals surface area contributed by atoms with Crippen LogP contribution in [0.2, 0.25) is 0 Å². The van der Waals surface area contributed by atoms with Crippen LogP contribution < -0.4 is 0 Å². The van der Waals surface area contributed by atoms with E-state index in [1.807, 2.05) is 24.3 Å². The first-order valence-electron chi connectivity index (χ1n) is 23.2. The van der Waals surface area contributed by atoms with Crippen LogP contribution in [0, 0.1) is 0 Å². The zero-order valence-electron chi connectivity index (χ0n) is 36.9. The highest BCUT2D eigenvalue weighted by molar-refractivity contribution is 6.25. The fraction of sp³-hybridized carbons (Fsp3) is 0. The second-order valence-electron chi connectivity index (χ2n) is 17.7. The van der Waals surface area contributed by atoms with Crippen molar-refractivity contribution in [1.29, 1.82) is 0 Å². The van der Waals surface area contributed by atoms with E-state index in [1.54, 1.807) is 0 Å². The first-order chi connectivity index (χ1) is 33.7. The molecule has 4 heteroatoms. The molecule has 0 saturated heterocycles. The molecule has 0 aliphatic rings. The van der Waals surface area contributed by atoms with Crippen LogP contribution in [0.3, 0.4) is 0 Å². The molecule has 14 aromatic rings. The Morgan fingerprint density at radius 1 is 0.221 bits per heavy atom. The Morgan fingerprint density at radius 2 is 0.588 bits per heavy atom. The highest BCUT2D eigenvalue weighted by atomic mass is 15.0. The highest BCUT2D eigenvalue weighted by Gasteiger charge is 2.18. The molecule has 0 aliphatic carbocycles. The molecule has 68 heavy (non-hydrogen) atoms. The minimum atomic E-state index is 0.708. The van der Waals surface area contributed by atoms with Gasteiger partial charge in [-0.15, -0.1) is 0 Å². The first-order valence-corrected chi connectivity index (χ1v) is 23.2. The Balaban J connectivity index is 0.908. The minimum Gasteiger partial charge on any atom is -0.309 e. The van der Waals surface area contributed by atoms with Gasteiger partial charge in [0.1, 0.15) is 0 Å². The van der Waals surface area contributed by atoms with E-state index < -0.39 is 0 Å². The smallest absolute Gasteiger partial charge is 0.160 e. The summed E-state index contributed by atoms with van der Waals surface area (Å²) in [6.45, 7) is 0. The number of fused-ring (bicyclic) bond motifs is 12. The predicted molar refractivity (Wildman–Crippen MR) is 285 cm³/mol. The fourth-order valence-electron chi connectivity index (χ4n) is 10.7. The molecule has 4 nitrogen and oxygen atoms in total. The van der Waals surface area contributed by atoms with E-state index >= 15 is 0 Å². The molecule has 14 rings (SSSR count). The van der Waals surface area contributed by atoms with Gasteiger partial charge in [0.15, 0.2) is 5.82 Å². The van der Waals surface area contributed by atoms with Crippen LogP contribution in [0.4, 0.5) is 0 Å². The Labute approximate surface area is 392 Å². The molecular formula is C64H40N4. The van der Waals surface area contributed by atoms with Crippen LogP contribution >= 0.6 is 0 Å². The molecule has 0 N–H and O–H groups in total. The minimum absolute atomic E-state index is 0.708. The van der Waals surface area contributed by atoms with Crippen molar-refractivity contribution in [2.75, 3.05) is 0 Å². The van der Waals surface area contributed by atoms with Crippen LogP contribution in [-0.2, 0) is 0 Å². The Bertz CT molecular complexity index is 4200. The van der Waals surface area contributed by atoms with Gasteiger partial charge in [0.25, 0.3) is 0 Å². The lowest BCUT2D eigenvalue weighted by molar-refractivity contribution is 1.17. The topological polar surface area (TPSA) is 35.6 Å². The summed E-state index contributed by atoms with van der Waals surface area (Å²) in [5.74, 6) is 0.708. The quantitative estimate of drug-likeness (QED) is 0.156. The summed E-state index contributed by atoms with van der Waals surface area (Å²) in [6, 6.07) is 87.6. The van der Waals surface area contributed by atoms with Gasteiger partial charge < -0.3 is 9.13 Å². The summed E-state index contributed by atoms with van der Waals surface area (Å²) in [5, 5.41) is 12.6. The molecule has 3 heterocycles. The molecule has 11 aromatic carbocycles. The number of benzene rings is 11. The van der Waals surface area contributed by atoms with E-state index in [0.29, 0.717) is 5.82 Å². The maximum atomic E-state index is 5.11. The average Bonchev–Trinajstić information content (AvgIpc) is 3.93. The molecule has 0 atom stereocenters. The second kappa shape index (κ2) is 15.2. The molecule has 0 radical (unpaired) electrons. The molecule has 0 saturated carbocycles. The summed E-state index contributed by atoms with van der Waals surface area (Å²) in [6.07, 6.45) is 0. The number of rotatable bonds is 6. The van der Waals surface area contributed by atoms with Gasteiger partial charge in [-0.25, -0.2) is 9.97 Å². The SMILES string of the molecule is c1ccc(-c2cc(-c3ccc(-n4c5ccccc5c5ccc(-c6ccc7c8ccccc8n(-c8ccc9c%10ccccc%10c%10ccccc%10c9c8)c7c6)cc54)cc3)nc(-c3ccccc3)n2)cc1. The zero-order chi connectivity index (χ0) is 44.7. The van der Waals surface area contributed by atoms with Crippen molar-refractivity contribution >= 4 is 75.9 Å². The van der Waals surface area contributed by atoms with E-state index in [2.05, 4.69) is 228 Å². The fourth-order valence-corrected chi connectivity index (χ4v) is 10.7. The first kappa shape index (κ1) is 38.2. The van der Waals surface area contributed by atoms with Crippen molar-refractivity contribution in [1.82, 2.24) is 19.1 Å². The van der Waals surface area contributed by atoms with E-state index in [4.69, 9.17) is 9.97 Å². The van der Waals surface area contributed by atoms with Gasteiger partial charge >= 0.3 is 0 Å². The van der Waals surface area contributed by atoms with Gasteiger partial charge in [-0.1, -0.05) is 188 Å². The number of hydrogen-bond donors (Lipinski definition) is 0. The molecule has 0 bridgehead atoms. The third kappa shape index (κ3) is 6.01. The maximum Gasteiger partial charge on any atom is 0.160 e. The predicted octanol–water partition coefficient (Wildman–Crippen LogP) is 16.8. The number of aromatic nitrogens is 4. The van der Waals surface area contributed by atoms with Crippen LogP contribution in [-0.4, -0.2) is 19.1 Å². The lowest BCUT2D eigenvalue weighted by Crippen LogP contribution is -1.97. The van der Waals surface area contributed by atoms with Gasteiger partial charge in [0, 0.05) is 49.6 Å². The summed E-state index contributed by atoms with van der Waals surface area (Å²) < 4.78 is 4.86. The highest BCUT2D eigenvalue weighted by Crippen LogP contribution is 2.41. The molecule has 0 aliphatic heterocycles. The zero-order valence-corrected chi connectivity index (χ0v) is 36.9. The van der Waals surface area contributed by atoms with Gasteiger partial charge in [0.2, 0.25) is 0 Å². The van der Waals surface area contributed by atoms with Gasteiger partial charge in [-0.3, -0.25) is 0 Å². The average molecular weight is 865 g/mol. The molecule has 0 spiro atoms. The van der Waals surface area contributed by atoms with E-state index in [0.717, 1.165) is 50.5 Å². The Kier molecular flexibility index (Phi) is 8.55. The molecule has 3 aromatic heterocycles. The van der Waals surface area contributed by atoms with Crippen molar-refractivity contribution in [3.8, 4) is 56.4 Å². The third-order valence-electron chi connectivity index (χ3n) is 13.9. The monoisotopic (exact) mass is 864 g/mol. The molecule has 0 unspecified atom stereocenters. The van der Waals surface area contributed by atoms with Gasteiger partial charge in [-0.2, -0.15) is 0 Å². The Morgan fingerprint density at radius 3 is 1.13 bits per heavy atom. The van der Waals surface area contributed by atoms with Crippen LogP contribution in [0.25, 0.3) is 132 Å². The molecular weight excluding hydrogens is 825 g/mol. The van der Waals surface area contributed by atoms with Crippen molar-refractivity contribution in [2.45, 2.75) is 0 Å². The van der Waals surface area contributed by atoms with Gasteiger partial charge in [-0.05, 0) is 98.0 Å². The van der Waals surface area contributed by atoms with E-state index in [-0.39, 0.29) is 0 Å². The lowest BCUT2D eigenvalue weighted by Gasteiger charge is -2.14. The molecule has 0 fully saturated rings. The van der Waals surface area contributed by atoms with Crippen molar-refractivity contribution < 1.29 is 0 Å². The summed E-state index contributed by atoms with van der Waals surface area (Å²) in [4.78, 5) is 10.1.